The van der Waals surface area contributed by atoms with Gasteiger partial charge < -0.3 is 4.74 Å². The Hall–Kier alpha value is -1.14. The molecule has 2 N–H and O–H groups in total. The third-order valence-corrected chi connectivity index (χ3v) is 3.25. The zero-order valence-corrected chi connectivity index (χ0v) is 10.9. The quantitative estimate of drug-likeness (QED) is 0.839. The summed E-state index contributed by atoms with van der Waals surface area (Å²) in [5, 5.41) is 5.07. The van der Waals surface area contributed by atoms with E-state index >= 15 is 0 Å². The van der Waals surface area contributed by atoms with Crippen LogP contribution in [0, 0.1) is 5.92 Å². The van der Waals surface area contributed by atoms with Crippen molar-refractivity contribution < 1.29 is 13.2 Å². The van der Waals surface area contributed by atoms with E-state index < -0.39 is 10.0 Å². The first-order valence-corrected chi connectivity index (χ1v) is 7.10. The van der Waals surface area contributed by atoms with Crippen LogP contribution in [-0.4, -0.2) is 20.0 Å². The lowest BCUT2D eigenvalue weighted by molar-refractivity contribution is 0.237. The summed E-state index contributed by atoms with van der Waals surface area (Å²) in [6.07, 6.45) is 3.57. The monoisotopic (exact) mass is 258 g/mol. The summed E-state index contributed by atoms with van der Waals surface area (Å²) >= 11 is 0. The van der Waals surface area contributed by atoms with Crippen molar-refractivity contribution in [1.29, 1.82) is 0 Å². The Morgan fingerprint density at radius 3 is 2.82 bits per heavy atom. The van der Waals surface area contributed by atoms with E-state index in [9.17, 15) is 8.42 Å². The fraction of sp³-hybridized carbons (Fsp3) is 0.545. The highest BCUT2D eigenvalue weighted by molar-refractivity contribution is 7.89. The molecule has 0 spiro atoms. The topological polar surface area (TPSA) is 82.3 Å². The molecule has 96 valence electrons. The maximum absolute atomic E-state index is 11.3. The van der Waals surface area contributed by atoms with Crippen LogP contribution in [0.15, 0.2) is 23.2 Å². The molecule has 0 saturated heterocycles. The number of aromatic nitrogens is 1. The molecule has 1 unspecified atom stereocenters. The number of nitrogens with two attached hydrogens (primary N) is 1. The summed E-state index contributed by atoms with van der Waals surface area (Å²) in [4.78, 5) is 3.83. The van der Waals surface area contributed by atoms with Crippen molar-refractivity contribution in [2.45, 2.75) is 31.6 Å². The molecule has 6 heteroatoms. The lowest BCUT2D eigenvalue weighted by Crippen LogP contribution is -2.16. The first kappa shape index (κ1) is 13.9. The molecule has 1 rings (SSSR count). The molecular formula is C11H18N2O3S. The summed E-state index contributed by atoms with van der Waals surface area (Å²) in [5.41, 5.74) is 0. The Labute approximate surface area is 102 Å². The van der Waals surface area contributed by atoms with E-state index in [1.54, 1.807) is 0 Å². The molecule has 0 aliphatic heterocycles. The van der Waals surface area contributed by atoms with Crippen molar-refractivity contribution >= 4 is 10.0 Å². The first-order chi connectivity index (χ1) is 7.95. The average molecular weight is 258 g/mol. The van der Waals surface area contributed by atoms with Crippen LogP contribution in [0.3, 0.4) is 0 Å². The Morgan fingerprint density at radius 2 is 2.24 bits per heavy atom. The van der Waals surface area contributed by atoms with Gasteiger partial charge in [-0.3, -0.25) is 0 Å². The van der Waals surface area contributed by atoms with Crippen molar-refractivity contribution in [3.8, 4) is 5.88 Å². The third kappa shape index (κ3) is 4.32. The summed E-state index contributed by atoms with van der Waals surface area (Å²) < 4.78 is 28.0. The van der Waals surface area contributed by atoms with Crippen LogP contribution < -0.4 is 9.88 Å². The average Bonchev–Trinajstić information content (AvgIpc) is 2.26. The SMILES string of the molecule is CCCC(C)COc1ncccc1S(N)(=O)=O. The Morgan fingerprint density at radius 1 is 1.53 bits per heavy atom. The van der Waals surface area contributed by atoms with Gasteiger partial charge in [-0.25, -0.2) is 18.5 Å². The highest BCUT2D eigenvalue weighted by Gasteiger charge is 2.16. The molecule has 1 atom stereocenters. The Kier molecular flexibility index (Phi) is 4.89. The smallest absolute Gasteiger partial charge is 0.243 e. The number of sulfonamides is 1. The van der Waals surface area contributed by atoms with Crippen molar-refractivity contribution in [2.75, 3.05) is 6.61 Å². The molecule has 0 saturated carbocycles. The second-order valence-electron chi connectivity index (χ2n) is 4.06. The zero-order chi connectivity index (χ0) is 12.9. The first-order valence-electron chi connectivity index (χ1n) is 5.55. The van der Waals surface area contributed by atoms with Crippen molar-refractivity contribution in [2.24, 2.45) is 11.1 Å². The molecule has 0 amide bonds. The second kappa shape index (κ2) is 5.97. The van der Waals surface area contributed by atoms with Crippen LogP contribution in [0.2, 0.25) is 0 Å². The number of ether oxygens (including phenoxy) is 1. The molecule has 5 nitrogen and oxygen atoms in total. The Bertz CT molecular complexity index is 460. The van der Waals surface area contributed by atoms with E-state index in [1.165, 1.54) is 18.3 Å². The summed E-state index contributed by atoms with van der Waals surface area (Å²) in [7, 11) is -3.78. The van der Waals surface area contributed by atoms with Gasteiger partial charge in [0, 0.05) is 6.20 Å². The molecule has 1 heterocycles. The predicted molar refractivity (Wildman–Crippen MR) is 65.2 cm³/mol. The largest absolute Gasteiger partial charge is 0.476 e. The van der Waals surface area contributed by atoms with Crippen LogP contribution in [0.4, 0.5) is 0 Å². The second-order valence-corrected chi connectivity index (χ2v) is 5.59. The van der Waals surface area contributed by atoms with Crippen LogP contribution in [0.1, 0.15) is 26.7 Å². The van der Waals surface area contributed by atoms with Gasteiger partial charge in [-0.15, -0.1) is 0 Å². The standard InChI is InChI=1S/C11H18N2O3S/c1-3-5-9(2)8-16-11-10(17(12,14)15)6-4-7-13-11/h4,6-7,9H,3,5,8H2,1-2H3,(H2,12,14,15). The third-order valence-electron chi connectivity index (χ3n) is 2.33. The molecule has 0 aliphatic carbocycles. The molecule has 1 aromatic rings. The van der Waals surface area contributed by atoms with Gasteiger partial charge in [0.15, 0.2) is 0 Å². The van der Waals surface area contributed by atoms with Gasteiger partial charge in [0.05, 0.1) is 6.61 Å². The molecule has 0 radical (unpaired) electrons. The van der Waals surface area contributed by atoms with Crippen molar-refractivity contribution in [3.63, 3.8) is 0 Å². The number of hydrogen-bond acceptors (Lipinski definition) is 4. The van der Waals surface area contributed by atoms with Crippen LogP contribution in [-0.2, 0) is 10.0 Å². The maximum atomic E-state index is 11.3. The Balaban J connectivity index is 2.78. The van der Waals surface area contributed by atoms with Gasteiger partial charge >= 0.3 is 0 Å². The minimum atomic E-state index is -3.78. The summed E-state index contributed by atoms with van der Waals surface area (Å²) in [6, 6.07) is 2.91. The summed E-state index contributed by atoms with van der Waals surface area (Å²) in [6.45, 7) is 4.57. The molecule has 17 heavy (non-hydrogen) atoms. The van der Waals surface area contributed by atoms with E-state index in [0.717, 1.165) is 12.8 Å². The van der Waals surface area contributed by atoms with Gasteiger partial charge in [0.1, 0.15) is 4.90 Å². The molecular weight excluding hydrogens is 240 g/mol. The van der Waals surface area contributed by atoms with Gasteiger partial charge in [0.2, 0.25) is 15.9 Å². The molecule has 0 aliphatic rings. The lowest BCUT2D eigenvalue weighted by atomic mass is 10.1. The van der Waals surface area contributed by atoms with Crippen LogP contribution in [0.5, 0.6) is 5.88 Å². The number of hydrogen-bond donors (Lipinski definition) is 1. The van der Waals surface area contributed by atoms with Crippen LogP contribution in [0.25, 0.3) is 0 Å². The van der Waals surface area contributed by atoms with E-state index in [-0.39, 0.29) is 10.8 Å². The molecule has 0 aromatic carbocycles. The van der Waals surface area contributed by atoms with Gasteiger partial charge in [-0.05, 0) is 24.5 Å². The molecule has 0 bridgehead atoms. The predicted octanol–water partition coefficient (Wildman–Crippen LogP) is 1.54. The minimum absolute atomic E-state index is 0.0660. The van der Waals surface area contributed by atoms with E-state index in [2.05, 4.69) is 11.9 Å². The number of nitrogens with zero attached hydrogens (tertiary/aromatic N) is 1. The highest BCUT2D eigenvalue weighted by Crippen LogP contribution is 2.19. The fourth-order valence-corrected chi connectivity index (χ4v) is 2.12. The minimum Gasteiger partial charge on any atom is -0.476 e. The van der Waals surface area contributed by atoms with Gasteiger partial charge in [0.25, 0.3) is 0 Å². The van der Waals surface area contributed by atoms with E-state index in [4.69, 9.17) is 9.88 Å². The lowest BCUT2D eigenvalue weighted by Gasteiger charge is -2.12. The zero-order valence-electron chi connectivity index (χ0n) is 10.1. The number of rotatable bonds is 6. The van der Waals surface area contributed by atoms with Gasteiger partial charge in [-0.1, -0.05) is 20.3 Å². The summed E-state index contributed by atoms with van der Waals surface area (Å²) in [5.74, 6) is 0.438. The molecule has 1 aromatic heterocycles. The van der Waals surface area contributed by atoms with Crippen LogP contribution >= 0.6 is 0 Å². The van der Waals surface area contributed by atoms with E-state index in [1.807, 2.05) is 6.92 Å². The fourth-order valence-electron chi connectivity index (χ4n) is 1.50. The van der Waals surface area contributed by atoms with Gasteiger partial charge in [-0.2, -0.15) is 0 Å². The molecule has 0 fully saturated rings. The van der Waals surface area contributed by atoms with Crippen molar-refractivity contribution in [3.05, 3.63) is 18.3 Å². The maximum Gasteiger partial charge on any atom is 0.243 e. The highest BCUT2D eigenvalue weighted by atomic mass is 32.2. The normalized spacial score (nSPS) is 13.4. The van der Waals surface area contributed by atoms with Crippen molar-refractivity contribution in [1.82, 2.24) is 4.98 Å². The number of primary sulfonamides is 1. The number of pyridine rings is 1. The van der Waals surface area contributed by atoms with E-state index in [0.29, 0.717) is 12.5 Å².